The molecule has 0 aliphatic carbocycles. The Bertz CT molecular complexity index is 727. The van der Waals surface area contributed by atoms with Gasteiger partial charge in [-0.2, -0.15) is 0 Å². The predicted molar refractivity (Wildman–Crippen MR) is 73.7 cm³/mol. The predicted octanol–water partition coefficient (Wildman–Crippen LogP) is -2.01. The Morgan fingerprint density at radius 2 is 1.89 bits per heavy atom. The lowest BCUT2D eigenvalue weighted by molar-refractivity contribution is -0.136. The average Bonchev–Trinajstić information content (AvgIpc) is 2.79. The van der Waals surface area contributed by atoms with Crippen LogP contribution in [-0.2, 0) is 25.3 Å². The number of carbonyl (C=O) groups is 1. The maximum atomic E-state index is 11.7. The van der Waals surface area contributed by atoms with Crippen molar-refractivity contribution in [1.29, 1.82) is 0 Å². The van der Waals surface area contributed by atoms with Gasteiger partial charge >= 0.3 is 11.7 Å². The molecule has 2 aromatic heterocycles. The molecule has 2 heterocycles. The number of nitrogens with one attached hydrogen (secondary N) is 1. The Morgan fingerprint density at radius 3 is 2.42 bits per heavy atom. The number of carboxylic acids is 1. The number of hydrogen-bond acceptors (Lipinski definition) is 4. The average molecular weight is 284 g/mol. The number of nitrogens with zero attached hydrogens (tertiary/aromatic N) is 3. The van der Waals surface area contributed by atoms with Crippen molar-refractivity contribution in [1.82, 2.24) is 19.1 Å². The van der Waals surface area contributed by atoms with Crippen molar-refractivity contribution < 1.29 is 9.90 Å². The van der Waals surface area contributed by atoms with Crippen molar-refractivity contribution >= 4 is 27.4 Å². The molecule has 2 N–H and O–H groups in total. The molecule has 0 aromatic carbocycles. The van der Waals surface area contributed by atoms with E-state index in [9.17, 15) is 14.4 Å². The molecule has 0 saturated carbocycles. The number of aromatic nitrogens is 4. The first-order valence-electron chi connectivity index (χ1n) is 5.78. The molecule has 2 rings (SSSR count). The van der Waals surface area contributed by atoms with Gasteiger partial charge in [0.2, 0.25) is 0 Å². The van der Waals surface area contributed by atoms with Crippen LogP contribution in [0.15, 0.2) is 9.59 Å². The van der Waals surface area contributed by atoms with Crippen LogP contribution >= 0.6 is 0 Å². The second-order valence-electron chi connectivity index (χ2n) is 3.66. The van der Waals surface area contributed by atoms with Crippen LogP contribution in [0.2, 0.25) is 6.55 Å². The van der Waals surface area contributed by atoms with E-state index in [-0.39, 0.29) is 23.4 Å². The van der Waals surface area contributed by atoms with E-state index in [1.165, 1.54) is 28.9 Å². The van der Waals surface area contributed by atoms with Gasteiger partial charge in [0.25, 0.3) is 5.56 Å². The number of aliphatic carboxylic acids is 1. The van der Waals surface area contributed by atoms with Crippen LogP contribution in [-0.4, -0.2) is 40.4 Å². The summed E-state index contributed by atoms with van der Waals surface area (Å²) in [5.74, 6) is -0.920. The van der Waals surface area contributed by atoms with E-state index in [1.54, 1.807) is 0 Å². The van der Waals surface area contributed by atoms with Gasteiger partial charge in [-0.1, -0.05) is 6.55 Å². The molecule has 0 saturated heterocycles. The lowest BCUT2D eigenvalue weighted by atomic mass is 10.4. The fourth-order valence-electron chi connectivity index (χ4n) is 1.60. The molecular weight excluding hydrogens is 268 g/mol. The molecule has 0 aliphatic rings. The molecule has 0 unspecified atom stereocenters. The van der Waals surface area contributed by atoms with Crippen LogP contribution in [0.5, 0.6) is 0 Å². The summed E-state index contributed by atoms with van der Waals surface area (Å²) in [6.45, 7) is 2.14. The zero-order chi connectivity index (χ0) is 14.7. The van der Waals surface area contributed by atoms with Crippen LogP contribution in [0.25, 0.3) is 11.2 Å². The van der Waals surface area contributed by atoms with Crippen LogP contribution in [0, 0.1) is 0 Å². The zero-order valence-electron chi connectivity index (χ0n) is 11.2. The minimum atomic E-state index is -1.06. The van der Waals surface area contributed by atoms with Gasteiger partial charge in [0.1, 0.15) is 17.8 Å². The van der Waals surface area contributed by atoms with E-state index in [1.807, 2.05) is 0 Å². The topological polar surface area (TPSA) is 110 Å². The largest absolute Gasteiger partial charge is 0.481 e. The van der Waals surface area contributed by atoms with Crippen molar-refractivity contribution in [3.8, 4) is 0 Å². The third kappa shape index (κ3) is 2.65. The molecule has 2 aromatic rings. The number of fused-ring (bicyclic) bond motifs is 1. The summed E-state index contributed by atoms with van der Waals surface area (Å²) in [7, 11) is 4.12. The van der Waals surface area contributed by atoms with E-state index < -0.39 is 17.2 Å². The summed E-state index contributed by atoms with van der Waals surface area (Å²) in [6.07, 6.45) is -0.327. The van der Waals surface area contributed by atoms with E-state index in [2.05, 4.69) is 16.5 Å². The first-order chi connectivity index (χ1) is 8.91. The number of rotatable bonds is 2. The van der Waals surface area contributed by atoms with Gasteiger partial charge in [-0.25, -0.2) is 9.78 Å². The Hall–Kier alpha value is -2.16. The standard InChI is InChI=1S/C9H10N4O4.CH6Si/c1-12-7-6(8(16)13(2)9(12)17)10-4(11-7)3-5(14)15;1-2/h3H2,1-2H3,(H,10,11)(H,14,15);1-2H3. The van der Waals surface area contributed by atoms with Crippen molar-refractivity contribution in [2.45, 2.75) is 13.0 Å². The minimum absolute atomic E-state index is 0.130. The molecule has 104 valence electrons. The van der Waals surface area contributed by atoms with E-state index >= 15 is 0 Å². The quantitative estimate of drug-likeness (QED) is 0.619. The molecule has 19 heavy (non-hydrogen) atoms. The number of carboxylic acid groups (broad SMARTS) is 1. The second-order valence-corrected chi connectivity index (χ2v) is 3.66. The molecule has 0 atom stereocenters. The van der Waals surface area contributed by atoms with Crippen molar-refractivity contribution in [2.24, 2.45) is 14.1 Å². The second kappa shape index (κ2) is 5.65. The highest BCUT2D eigenvalue weighted by Gasteiger charge is 2.14. The number of imidazole rings is 1. The monoisotopic (exact) mass is 284 g/mol. The number of hydrogen-bond donors (Lipinski definition) is 2. The van der Waals surface area contributed by atoms with Crippen molar-refractivity contribution in [2.75, 3.05) is 0 Å². The molecule has 0 aliphatic heterocycles. The first-order valence-corrected chi connectivity index (χ1v) is 7.78. The smallest absolute Gasteiger partial charge is 0.332 e. The molecule has 0 amide bonds. The van der Waals surface area contributed by atoms with Gasteiger partial charge in [-0.05, 0) is 10.2 Å². The fraction of sp³-hybridized carbons (Fsp3) is 0.400. The summed E-state index contributed by atoms with van der Waals surface area (Å²) in [6, 6.07) is 0. The number of aromatic amines is 1. The fourth-order valence-corrected chi connectivity index (χ4v) is 1.60. The molecule has 0 radical (unpaired) electrons. The van der Waals surface area contributed by atoms with Gasteiger partial charge in [0.15, 0.2) is 5.65 Å². The van der Waals surface area contributed by atoms with E-state index in [0.29, 0.717) is 0 Å². The maximum Gasteiger partial charge on any atom is 0.332 e. The van der Waals surface area contributed by atoms with Gasteiger partial charge in [-0.15, -0.1) is 0 Å². The summed E-state index contributed by atoms with van der Waals surface area (Å²) < 4.78 is 2.13. The highest BCUT2D eigenvalue weighted by Crippen LogP contribution is 2.04. The molecule has 0 spiro atoms. The summed E-state index contributed by atoms with van der Waals surface area (Å²) in [4.78, 5) is 40.4. The Balaban J connectivity index is 0.000000861. The Kier molecular flexibility index (Phi) is 4.43. The lowest BCUT2D eigenvalue weighted by Gasteiger charge is -2.00. The third-order valence-corrected chi connectivity index (χ3v) is 2.46. The summed E-state index contributed by atoms with van der Waals surface area (Å²) >= 11 is 0. The van der Waals surface area contributed by atoms with Gasteiger partial charge in [0, 0.05) is 14.1 Å². The lowest BCUT2D eigenvalue weighted by Crippen LogP contribution is -2.36. The Labute approximate surface area is 111 Å². The van der Waals surface area contributed by atoms with Crippen LogP contribution in [0.1, 0.15) is 5.82 Å². The maximum absolute atomic E-state index is 11.7. The van der Waals surface area contributed by atoms with E-state index in [4.69, 9.17) is 5.11 Å². The number of aryl methyl sites for hydroxylation is 1. The first kappa shape index (κ1) is 14.9. The van der Waals surface area contributed by atoms with Crippen LogP contribution in [0.3, 0.4) is 0 Å². The molecule has 0 fully saturated rings. The van der Waals surface area contributed by atoms with Crippen molar-refractivity contribution in [3.05, 3.63) is 26.7 Å². The Morgan fingerprint density at radius 1 is 1.32 bits per heavy atom. The summed E-state index contributed by atoms with van der Waals surface area (Å²) in [5.41, 5.74) is -0.733. The zero-order valence-corrected chi connectivity index (χ0v) is 13.2. The van der Waals surface area contributed by atoms with Gasteiger partial charge in [0.05, 0.1) is 0 Å². The highest BCUT2D eigenvalue weighted by atomic mass is 28.1. The van der Waals surface area contributed by atoms with Crippen LogP contribution in [0.4, 0.5) is 0 Å². The molecule has 8 nitrogen and oxygen atoms in total. The highest BCUT2D eigenvalue weighted by molar-refractivity contribution is 6.05. The third-order valence-electron chi connectivity index (χ3n) is 2.46. The van der Waals surface area contributed by atoms with Gasteiger partial charge in [-0.3, -0.25) is 18.7 Å². The normalized spacial score (nSPS) is 10.3. The molecule has 0 bridgehead atoms. The number of H-pyrrole nitrogens is 1. The molecular formula is C10H16N4O4Si. The summed E-state index contributed by atoms with van der Waals surface area (Å²) in [5, 5.41) is 8.63. The SMILES string of the molecule is C[SiH3].Cn1c(=O)c2[nH]c(CC(=O)O)nc2n(C)c1=O. The van der Waals surface area contributed by atoms with Crippen molar-refractivity contribution in [3.63, 3.8) is 0 Å². The van der Waals surface area contributed by atoms with Gasteiger partial charge < -0.3 is 10.1 Å². The van der Waals surface area contributed by atoms with E-state index in [0.717, 1.165) is 4.57 Å². The van der Waals surface area contributed by atoms with Crippen LogP contribution < -0.4 is 11.2 Å². The minimum Gasteiger partial charge on any atom is -0.481 e. The molecule has 9 heteroatoms.